The van der Waals surface area contributed by atoms with Gasteiger partial charge in [0.25, 0.3) is 0 Å². The van der Waals surface area contributed by atoms with E-state index in [0.29, 0.717) is 12.5 Å². The molecule has 2 rings (SSSR count). The number of rotatable bonds is 6. The van der Waals surface area contributed by atoms with Gasteiger partial charge in [0, 0.05) is 6.61 Å². The average molecular weight is 262 g/mol. The van der Waals surface area contributed by atoms with Gasteiger partial charge in [0.05, 0.1) is 12.2 Å². The number of aliphatic hydroxyl groups is 1. The van der Waals surface area contributed by atoms with Crippen LogP contribution in [0.4, 0.5) is 0 Å². The van der Waals surface area contributed by atoms with Crippen LogP contribution in [0.2, 0.25) is 0 Å². The van der Waals surface area contributed by atoms with Crippen LogP contribution in [0, 0.1) is 0 Å². The van der Waals surface area contributed by atoms with E-state index in [0.717, 1.165) is 12.8 Å². The lowest BCUT2D eigenvalue weighted by Crippen LogP contribution is -2.30. The zero-order valence-corrected chi connectivity index (χ0v) is 12.1. The van der Waals surface area contributed by atoms with Gasteiger partial charge in [-0.15, -0.1) is 0 Å². The van der Waals surface area contributed by atoms with Gasteiger partial charge < -0.3 is 9.84 Å². The van der Waals surface area contributed by atoms with Crippen LogP contribution in [0.5, 0.6) is 0 Å². The molecule has 0 heterocycles. The van der Waals surface area contributed by atoms with Gasteiger partial charge >= 0.3 is 0 Å². The van der Waals surface area contributed by atoms with E-state index in [2.05, 4.69) is 31.2 Å². The van der Waals surface area contributed by atoms with Crippen molar-refractivity contribution in [3.05, 3.63) is 35.4 Å². The summed E-state index contributed by atoms with van der Waals surface area (Å²) in [7, 11) is 0. The van der Waals surface area contributed by atoms with E-state index in [1.165, 1.54) is 30.4 Å². The minimum absolute atomic E-state index is 0.0147. The third-order valence-electron chi connectivity index (χ3n) is 4.23. The van der Waals surface area contributed by atoms with Crippen LogP contribution in [0.25, 0.3) is 0 Å². The summed E-state index contributed by atoms with van der Waals surface area (Å²) in [6.07, 6.45) is 4.96. The van der Waals surface area contributed by atoms with E-state index in [-0.39, 0.29) is 12.2 Å². The first-order valence-electron chi connectivity index (χ1n) is 7.63. The summed E-state index contributed by atoms with van der Waals surface area (Å²) >= 11 is 0. The molecule has 0 radical (unpaired) electrons. The van der Waals surface area contributed by atoms with Crippen molar-refractivity contribution in [3.63, 3.8) is 0 Å². The molecular formula is C17H26O2. The molecule has 0 fully saturated rings. The molecule has 0 saturated heterocycles. The summed E-state index contributed by atoms with van der Waals surface area (Å²) in [6, 6.07) is 8.69. The molecule has 0 aliphatic heterocycles. The fourth-order valence-corrected chi connectivity index (χ4v) is 3.26. The summed E-state index contributed by atoms with van der Waals surface area (Å²) in [5, 5.41) is 10.4. The van der Waals surface area contributed by atoms with Gasteiger partial charge in [0.15, 0.2) is 0 Å². The SMILES string of the molecule is CCOC(CC)C(O)CC1CCCc2ccccc21. The van der Waals surface area contributed by atoms with Gasteiger partial charge in [0.1, 0.15) is 0 Å². The van der Waals surface area contributed by atoms with Crippen molar-refractivity contribution in [1.29, 1.82) is 0 Å². The number of hydrogen-bond donors (Lipinski definition) is 1. The molecule has 3 unspecified atom stereocenters. The molecular weight excluding hydrogens is 236 g/mol. The highest BCUT2D eigenvalue weighted by molar-refractivity contribution is 5.32. The van der Waals surface area contributed by atoms with Gasteiger partial charge in [-0.25, -0.2) is 0 Å². The quantitative estimate of drug-likeness (QED) is 0.847. The number of ether oxygens (including phenoxy) is 1. The summed E-state index contributed by atoms with van der Waals surface area (Å²) in [5.41, 5.74) is 2.91. The molecule has 1 aromatic rings. The Morgan fingerprint density at radius 1 is 1.32 bits per heavy atom. The zero-order valence-electron chi connectivity index (χ0n) is 12.1. The molecule has 1 aromatic carbocycles. The first-order chi connectivity index (χ1) is 9.26. The van der Waals surface area contributed by atoms with E-state index in [9.17, 15) is 5.11 Å². The van der Waals surface area contributed by atoms with Crippen LogP contribution in [0.15, 0.2) is 24.3 Å². The van der Waals surface area contributed by atoms with Crippen LogP contribution >= 0.6 is 0 Å². The Bertz CT molecular complexity index is 389. The molecule has 106 valence electrons. The summed E-state index contributed by atoms with van der Waals surface area (Å²) < 4.78 is 5.63. The van der Waals surface area contributed by atoms with Gasteiger partial charge in [-0.05, 0) is 56.1 Å². The van der Waals surface area contributed by atoms with Gasteiger partial charge in [-0.3, -0.25) is 0 Å². The molecule has 0 saturated carbocycles. The van der Waals surface area contributed by atoms with Crippen LogP contribution in [0.1, 0.15) is 56.6 Å². The molecule has 0 aromatic heterocycles. The fourth-order valence-electron chi connectivity index (χ4n) is 3.26. The normalized spacial score (nSPS) is 21.7. The van der Waals surface area contributed by atoms with Gasteiger partial charge in [-0.1, -0.05) is 31.2 Å². The van der Waals surface area contributed by atoms with Crippen molar-refractivity contribution in [2.75, 3.05) is 6.61 Å². The lowest BCUT2D eigenvalue weighted by atomic mass is 9.79. The predicted octanol–water partition coefficient (Wildman–Crippen LogP) is 3.67. The van der Waals surface area contributed by atoms with E-state index in [4.69, 9.17) is 4.74 Å². The molecule has 2 nitrogen and oxygen atoms in total. The van der Waals surface area contributed by atoms with Gasteiger partial charge in [-0.2, -0.15) is 0 Å². The Hall–Kier alpha value is -0.860. The van der Waals surface area contributed by atoms with E-state index in [1.807, 2.05) is 6.92 Å². The number of hydrogen-bond acceptors (Lipinski definition) is 2. The molecule has 3 atom stereocenters. The van der Waals surface area contributed by atoms with E-state index >= 15 is 0 Å². The van der Waals surface area contributed by atoms with Crippen LogP contribution in [0.3, 0.4) is 0 Å². The Labute approximate surface area is 116 Å². The summed E-state index contributed by atoms with van der Waals surface area (Å²) in [5.74, 6) is 0.495. The number of aryl methyl sites for hydroxylation is 1. The van der Waals surface area contributed by atoms with E-state index < -0.39 is 0 Å². The van der Waals surface area contributed by atoms with Crippen LogP contribution < -0.4 is 0 Å². The Morgan fingerprint density at radius 3 is 2.84 bits per heavy atom. The van der Waals surface area contributed by atoms with Crippen molar-refractivity contribution in [1.82, 2.24) is 0 Å². The van der Waals surface area contributed by atoms with Crippen molar-refractivity contribution in [2.45, 2.75) is 64.1 Å². The van der Waals surface area contributed by atoms with Crippen molar-refractivity contribution in [2.24, 2.45) is 0 Å². The van der Waals surface area contributed by atoms with Crippen molar-refractivity contribution >= 4 is 0 Å². The third-order valence-corrected chi connectivity index (χ3v) is 4.23. The van der Waals surface area contributed by atoms with Gasteiger partial charge in [0.2, 0.25) is 0 Å². The van der Waals surface area contributed by atoms with Crippen LogP contribution in [-0.2, 0) is 11.2 Å². The Kier molecular flexibility index (Phi) is 5.41. The lowest BCUT2D eigenvalue weighted by molar-refractivity contribution is -0.0403. The molecule has 1 aliphatic carbocycles. The standard InChI is InChI=1S/C17H26O2/c1-3-17(19-4-2)16(18)12-14-10-7-9-13-8-5-6-11-15(13)14/h5-6,8,11,14,16-18H,3-4,7,9-10,12H2,1-2H3. The smallest absolute Gasteiger partial charge is 0.0831 e. The lowest BCUT2D eigenvalue weighted by Gasteiger charge is -2.30. The highest BCUT2D eigenvalue weighted by Crippen LogP contribution is 2.35. The van der Waals surface area contributed by atoms with E-state index in [1.54, 1.807) is 0 Å². The second-order valence-electron chi connectivity index (χ2n) is 5.49. The minimum atomic E-state index is -0.346. The van der Waals surface area contributed by atoms with Crippen molar-refractivity contribution < 1.29 is 9.84 Å². The topological polar surface area (TPSA) is 29.5 Å². The summed E-state index contributed by atoms with van der Waals surface area (Å²) in [6.45, 7) is 4.75. The second kappa shape index (κ2) is 7.06. The monoisotopic (exact) mass is 262 g/mol. The second-order valence-corrected chi connectivity index (χ2v) is 5.49. The highest BCUT2D eigenvalue weighted by atomic mass is 16.5. The van der Waals surface area contributed by atoms with Crippen LogP contribution in [-0.4, -0.2) is 23.9 Å². The highest BCUT2D eigenvalue weighted by Gasteiger charge is 2.26. The molecule has 2 heteroatoms. The molecule has 1 N–H and O–H groups in total. The fraction of sp³-hybridized carbons (Fsp3) is 0.647. The molecule has 1 aliphatic rings. The van der Waals surface area contributed by atoms with Crippen molar-refractivity contribution in [3.8, 4) is 0 Å². The Morgan fingerprint density at radius 2 is 2.11 bits per heavy atom. The number of aliphatic hydroxyl groups excluding tert-OH is 1. The largest absolute Gasteiger partial charge is 0.390 e. The summed E-state index contributed by atoms with van der Waals surface area (Å²) in [4.78, 5) is 0. The maximum atomic E-state index is 10.4. The molecule has 0 spiro atoms. The molecule has 0 bridgehead atoms. The average Bonchev–Trinajstić information content (AvgIpc) is 2.45. The maximum absolute atomic E-state index is 10.4. The molecule has 19 heavy (non-hydrogen) atoms. The molecule has 0 amide bonds. The third kappa shape index (κ3) is 3.58. The first kappa shape index (κ1) is 14.5. The zero-order chi connectivity index (χ0) is 13.7. The number of benzene rings is 1. The Balaban J connectivity index is 2.03. The number of fused-ring (bicyclic) bond motifs is 1. The minimum Gasteiger partial charge on any atom is -0.390 e. The maximum Gasteiger partial charge on any atom is 0.0831 e. The predicted molar refractivity (Wildman–Crippen MR) is 78.4 cm³/mol. The first-order valence-corrected chi connectivity index (χ1v) is 7.63.